The van der Waals surface area contributed by atoms with Crippen molar-refractivity contribution in [3.8, 4) is 0 Å². The van der Waals surface area contributed by atoms with E-state index in [-0.39, 0.29) is 11.5 Å². The van der Waals surface area contributed by atoms with Gasteiger partial charge in [-0.1, -0.05) is 0 Å². The van der Waals surface area contributed by atoms with E-state index in [0.717, 1.165) is 0 Å². The highest BCUT2D eigenvalue weighted by Gasteiger charge is 1.88. The Hall–Kier alpha value is -1.40. The van der Waals surface area contributed by atoms with Gasteiger partial charge in [-0.15, -0.1) is 0 Å². The van der Waals surface area contributed by atoms with Crippen molar-refractivity contribution >= 4 is 5.95 Å². The molecule has 1 heterocycles. The molecule has 6 heteroatoms. The van der Waals surface area contributed by atoms with Crippen LogP contribution in [0.2, 0.25) is 0 Å². The number of hydrogen-bond donors (Lipinski definition) is 4. The van der Waals surface area contributed by atoms with E-state index in [0.29, 0.717) is 0 Å². The van der Waals surface area contributed by atoms with E-state index in [1.807, 2.05) is 0 Å². The van der Waals surface area contributed by atoms with E-state index in [1.165, 1.54) is 12.3 Å². The molecule has 0 spiro atoms. The molecule has 0 aliphatic carbocycles. The monoisotopic (exact) mass is 141 g/mol. The second-order valence-corrected chi connectivity index (χ2v) is 1.55. The van der Waals surface area contributed by atoms with Gasteiger partial charge in [0.05, 0.1) is 0 Å². The molecule has 0 radical (unpaired) electrons. The number of aromatic amines is 1. The van der Waals surface area contributed by atoms with Gasteiger partial charge in [0.15, 0.2) is 0 Å². The maximum Gasteiger partial charge on any atom is 0.252 e. The molecule has 1 aromatic rings. The van der Waals surface area contributed by atoms with Crippen molar-refractivity contribution in [1.82, 2.24) is 15.5 Å². The first-order valence-corrected chi connectivity index (χ1v) is 2.60. The minimum absolute atomic E-state index is 0.229. The van der Waals surface area contributed by atoms with Crippen molar-refractivity contribution < 1.29 is 0 Å². The molecule has 54 valence electrons. The van der Waals surface area contributed by atoms with Crippen LogP contribution in [0.15, 0.2) is 17.1 Å². The van der Waals surface area contributed by atoms with E-state index in [2.05, 4.69) is 20.9 Å². The molecule has 0 amide bonds. The molecule has 1 aromatic heterocycles. The van der Waals surface area contributed by atoms with Crippen molar-refractivity contribution in [2.75, 3.05) is 5.43 Å². The number of hydrogen-bond acceptors (Lipinski definition) is 5. The molecule has 0 unspecified atom stereocenters. The molecule has 1 rings (SSSR count). The number of anilines is 1. The lowest BCUT2D eigenvalue weighted by atomic mass is 10.7. The number of rotatable bonds is 2. The fourth-order valence-electron chi connectivity index (χ4n) is 0.502. The summed E-state index contributed by atoms with van der Waals surface area (Å²) < 4.78 is 0. The molecule has 0 fully saturated rings. The van der Waals surface area contributed by atoms with Gasteiger partial charge in [-0.2, -0.15) is 5.53 Å². The van der Waals surface area contributed by atoms with Crippen LogP contribution in [0, 0.1) is 0 Å². The SMILES string of the molecule is NNNc1nccc(=O)[nH]1. The van der Waals surface area contributed by atoms with Gasteiger partial charge < -0.3 is 0 Å². The lowest BCUT2D eigenvalue weighted by Gasteiger charge is -1.98. The van der Waals surface area contributed by atoms with Crippen molar-refractivity contribution in [1.29, 1.82) is 0 Å². The van der Waals surface area contributed by atoms with Gasteiger partial charge in [0.1, 0.15) is 0 Å². The van der Waals surface area contributed by atoms with Crippen LogP contribution in [0.4, 0.5) is 5.95 Å². The number of nitrogens with zero attached hydrogens (tertiary/aromatic N) is 1. The van der Waals surface area contributed by atoms with E-state index < -0.39 is 0 Å². The van der Waals surface area contributed by atoms with Crippen LogP contribution in [-0.4, -0.2) is 9.97 Å². The highest BCUT2D eigenvalue weighted by atomic mass is 16.1. The van der Waals surface area contributed by atoms with Gasteiger partial charge in [-0.25, -0.2) is 4.98 Å². The maximum atomic E-state index is 10.6. The molecule has 6 nitrogen and oxygen atoms in total. The summed E-state index contributed by atoms with van der Waals surface area (Å²) in [4.78, 5) is 16.7. The first kappa shape index (κ1) is 6.72. The minimum atomic E-state index is -0.229. The van der Waals surface area contributed by atoms with E-state index >= 15 is 0 Å². The van der Waals surface area contributed by atoms with Crippen LogP contribution in [0.25, 0.3) is 0 Å². The number of H-pyrrole nitrogens is 1. The number of nitrogens with one attached hydrogen (secondary N) is 3. The third kappa shape index (κ3) is 1.54. The Labute approximate surface area is 56.4 Å². The number of nitrogens with two attached hydrogens (primary N) is 1. The second kappa shape index (κ2) is 2.95. The normalized spacial score (nSPS) is 9.30. The predicted octanol–water partition coefficient (Wildman–Crippen LogP) is -1.44. The van der Waals surface area contributed by atoms with Gasteiger partial charge in [0.2, 0.25) is 5.95 Å². The Kier molecular flexibility index (Phi) is 1.98. The molecule has 0 saturated heterocycles. The summed E-state index contributed by atoms with van der Waals surface area (Å²) in [6.07, 6.45) is 1.37. The predicted molar refractivity (Wildman–Crippen MR) is 35.8 cm³/mol. The summed E-state index contributed by atoms with van der Waals surface area (Å²) in [5.74, 6) is 5.17. The Balaban J connectivity index is 2.85. The van der Waals surface area contributed by atoms with Crippen LogP contribution in [0.1, 0.15) is 0 Å². The van der Waals surface area contributed by atoms with Gasteiger partial charge >= 0.3 is 0 Å². The third-order valence-corrected chi connectivity index (χ3v) is 0.862. The van der Waals surface area contributed by atoms with Crippen molar-refractivity contribution in [3.05, 3.63) is 22.6 Å². The minimum Gasteiger partial charge on any atom is -0.292 e. The summed E-state index contributed by atoms with van der Waals surface area (Å²) in [6, 6.07) is 1.31. The van der Waals surface area contributed by atoms with Crippen LogP contribution in [0.3, 0.4) is 0 Å². The number of hydrazine groups is 2. The molecule has 5 N–H and O–H groups in total. The smallest absolute Gasteiger partial charge is 0.252 e. The molecular formula is C4H7N5O. The Bertz CT molecular complexity index is 256. The molecule has 0 aliphatic heterocycles. The zero-order chi connectivity index (χ0) is 7.40. The first-order chi connectivity index (χ1) is 4.83. The lowest BCUT2D eigenvalue weighted by molar-refractivity contribution is 0.847. The summed E-state index contributed by atoms with van der Waals surface area (Å²) in [5, 5.41) is 0. The molecular weight excluding hydrogens is 134 g/mol. The standard InChI is InChI=1S/C4H7N5O/c5-9-8-4-6-2-1-3(10)7-4/h1-2,9H,5H2,(H2,6,7,8,10). The van der Waals surface area contributed by atoms with Crippen LogP contribution in [-0.2, 0) is 0 Å². The molecule has 0 aromatic carbocycles. The topological polar surface area (TPSA) is 95.8 Å². The fraction of sp³-hybridized carbons (Fsp3) is 0. The molecule has 0 aliphatic rings. The Morgan fingerprint density at radius 2 is 2.50 bits per heavy atom. The van der Waals surface area contributed by atoms with Gasteiger partial charge in [-0.3, -0.25) is 21.0 Å². The zero-order valence-corrected chi connectivity index (χ0v) is 5.09. The molecule has 0 saturated carbocycles. The fourth-order valence-corrected chi connectivity index (χ4v) is 0.502. The average Bonchev–Trinajstić information content (AvgIpc) is 1.88. The summed E-state index contributed by atoms with van der Waals surface area (Å²) >= 11 is 0. The lowest BCUT2D eigenvalue weighted by Crippen LogP contribution is -2.30. The summed E-state index contributed by atoms with van der Waals surface area (Å²) in [5.41, 5.74) is 4.31. The Morgan fingerprint density at radius 3 is 3.10 bits per heavy atom. The zero-order valence-electron chi connectivity index (χ0n) is 5.09. The molecule has 0 atom stereocenters. The van der Waals surface area contributed by atoms with E-state index in [4.69, 9.17) is 5.84 Å². The van der Waals surface area contributed by atoms with Crippen molar-refractivity contribution in [2.45, 2.75) is 0 Å². The van der Waals surface area contributed by atoms with Gasteiger partial charge in [0.25, 0.3) is 5.56 Å². The quantitative estimate of drug-likeness (QED) is 0.299. The first-order valence-electron chi connectivity index (χ1n) is 2.60. The van der Waals surface area contributed by atoms with Crippen LogP contribution in [0.5, 0.6) is 0 Å². The molecule has 0 bridgehead atoms. The van der Waals surface area contributed by atoms with Gasteiger partial charge in [0, 0.05) is 12.3 Å². The van der Waals surface area contributed by atoms with E-state index in [9.17, 15) is 4.79 Å². The average molecular weight is 141 g/mol. The van der Waals surface area contributed by atoms with Crippen molar-refractivity contribution in [3.63, 3.8) is 0 Å². The van der Waals surface area contributed by atoms with Crippen LogP contribution < -0.4 is 22.4 Å². The second-order valence-electron chi connectivity index (χ2n) is 1.55. The maximum absolute atomic E-state index is 10.6. The summed E-state index contributed by atoms with van der Waals surface area (Å²) in [7, 11) is 0. The van der Waals surface area contributed by atoms with Crippen molar-refractivity contribution in [2.24, 2.45) is 5.84 Å². The summed E-state index contributed by atoms with van der Waals surface area (Å²) in [6.45, 7) is 0. The Morgan fingerprint density at radius 1 is 1.70 bits per heavy atom. The number of aromatic nitrogens is 2. The molecule has 10 heavy (non-hydrogen) atoms. The largest absolute Gasteiger partial charge is 0.292 e. The third-order valence-electron chi connectivity index (χ3n) is 0.862. The van der Waals surface area contributed by atoms with Crippen LogP contribution >= 0.6 is 0 Å². The van der Waals surface area contributed by atoms with E-state index in [1.54, 1.807) is 0 Å². The highest BCUT2D eigenvalue weighted by molar-refractivity contribution is 5.19. The van der Waals surface area contributed by atoms with Gasteiger partial charge in [-0.05, 0) is 0 Å². The highest BCUT2D eigenvalue weighted by Crippen LogP contribution is 1.84.